The summed E-state index contributed by atoms with van der Waals surface area (Å²) in [4.78, 5) is 8.63. The molecule has 0 unspecified atom stereocenters. The van der Waals surface area contributed by atoms with E-state index in [-0.39, 0.29) is 0 Å². The minimum Gasteiger partial charge on any atom is -0.383 e. The van der Waals surface area contributed by atoms with Gasteiger partial charge in [-0.2, -0.15) is 0 Å². The Morgan fingerprint density at radius 1 is 1.31 bits per heavy atom. The molecule has 70 valence electrons. The minimum absolute atomic E-state index is 0.313. The van der Waals surface area contributed by atoms with Crippen molar-refractivity contribution < 1.29 is 4.74 Å². The van der Waals surface area contributed by atoms with Gasteiger partial charge in [0.05, 0.1) is 18.9 Å². The minimum atomic E-state index is 0.313. The fourth-order valence-corrected chi connectivity index (χ4v) is 1.35. The summed E-state index contributed by atoms with van der Waals surface area (Å²) in [6.45, 7) is 5.23. The van der Waals surface area contributed by atoms with Gasteiger partial charge in [-0.1, -0.05) is 13.8 Å². The third-order valence-corrected chi connectivity index (χ3v) is 2.14. The van der Waals surface area contributed by atoms with Crippen LogP contribution in [-0.2, 0) is 18.0 Å². The summed E-state index contributed by atoms with van der Waals surface area (Å²) in [5, 5.41) is 0. The average Bonchev–Trinajstić information content (AvgIpc) is 2.51. The highest BCUT2D eigenvalue weighted by molar-refractivity contribution is 5.43. The lowest BCUT2D eigenvalue weighted by atomic mass is 10.2. The lowest BCUT2D eigenvalue weighted by Crippen LogP contribution is -2.06. The van der Waals surface area contributed by atoms with E-state index in [9.17, 15) is 0 Å². The van der Waals surface area contributed by atoms with Gasteiger partial charge < -0.3 is 10.5 Å². The second kappa shape index (κ2) is 2.96. The molecule has 4 heteroatoms. The molecule has 0 amide bonds. The molecular formula is C9H13N3O. The van der Waals surface area contributed by atoms with Gasteiger partial charge >= 0.3 is 0 Å². The molecule has 0 aromatic carbocycles. The molecule has 0 spiro atoms. The predicted molar refractivity (Wildman–Crippen MR) is 49.0 cm³/mol. The van der Waals surface area contributed by atoms with Crippen molar-refractivity contribution in [2.24, 2.45) is 0 Å². The topological polar surface area (TPSA) is 61.0 Å². The Balaban J connectivity index is 2.49. The first-order valence-electron chi connectivity index (χ1n) is 4.41. The smallest absolute Gasteiger partial charge is 0.133 e. The van der Waals surface area contributed by atoms with E-state index >= 15 is 0 Å². The Morgan fingerprint density at radius 2 is 2.08 bits per heavy atom. The van der Waals surface area contributed by atoms with Gasteiger partial charge in [0, 0.05) is 11.5 Å². The first-order valence-corrected chi connectivity index (χ1v) is 4.41. The number of hydrogen-bond donors (Lipinski definition) is 1. The SMILES string of the molecule is CC(C)c1nc(N)c2c(n1)COC2. The Bertz CT molecular complexity index is 336. The van der Waals surface area contributed by atoms with Crippen molar-refractivity contribution in [1.82, 2.24) is 9.97 Å². The largest absolute Gasteiger partial charge is 0.383 e. The summed E-state index contributed by atoms with van der Waals surface area (Å²) in [5.41, 5.74) is 7.70. The second-order valence-corrected chi connectivity index (χ2v) is 3.54. The molecule has 2 heterocycles. The lowest BCUT2D eigenvalue weighted by molar-refractivity contribution is 0.133. The number of anilines is 1. The summed E-state index contributed by atoms with van der Waals surface area (Å²) in [7, 11) is 0. The predicted octanol–water partition coefficient (Wildman–Crippen LogP) is 1.21. The number of ether oxygens (including phenoxy) is 1. The summed E-state index contributed by atoms with van der Waals surface area (Å²) in [5.74, 6) is 1.70. The zero-order chi connectivity index (χ0) is 9.42. The van der Waals surface area contributed by atoms with E-state index in [1.54, 1.807) is 0 Å². The first kappa shape index (κ1) is 8.44. The van der Waals surface area contributed by atoms with Crippen LogP contribution in [0.3, 0.4) is 0 Å². The molecule has 2 rings (SSSR count). The summed E-state index contributed by atoms with van der Waals surface area (Å²) < 4.78 is 5.25. The third-order valence-electron chi connectivity index (χ3n) is 2.14. The molecule has 1 aromatic heterocycles. The first-order chi connectivity index (χ1) is 6.18. The molecule has 1 aromatic rings. The molecule has 0 radical (unpaired) electrons. The number of aromatic nitrogens is 2. The van der Waals surface area contributed by atoms with Gasteiger partial charge in [0.15, 0.2) is 0 Å². The van der Waals surface area contributed by atoms with E-state index in [4.69, 9.17) is 10.5 Å². The van der Waals surface area contributed by atoms with Gasteiger partial charge in [-0.05, 0) is 0 Å². The van der Waals surface area contributed by atoms with Crippen LogP contribution >= 0.6 is 0 Å². The van der Waals surface area contributed by atoms with E-state index in [0.29, 0.717) is 24.9 Å². The highest BCUT2D eigenvalue weighted by atomic mass is 16.5. The van der Waals surface area contributed by atoms with Crippen LogP contribution in [0.4, 0.5) is 5.82 Å². The second-order valence-electron chi connectivity index (χ2n) is 3.54. The van der Waals surface area contributed by atoms with Crippen LogP contribution in [-0.4, -0.2) is 9.97 Å². The molecule has 0 aliphatic carbocycles. The monoisotopic (exact) mass is 179 g/mol. The molecule has 0 bridgehead atoms. The zero-order valence-corrected chi connectivity index (χ0v) is 7.87. The Morgan fingerprint density at radius 3 is 2.77 bits per heavy atom. The van der Waals surface area contributed by atoms with Gasteiger partial charge in [-0.15, -0.1) is 0 Å². The maximum absolute atomic E-state index is 5.78. The molecule has 1 aliphatic rings. The zero-order valence-electron chi connectivity index (χ0n) is 7.87. The molecule has 1 aliphatic heterocycles. The van der Waals surface area contributed by atoms with Crippen molar-refractivity contribution in [1.29, 1.82) is 0 Å². The van der Waals surface area contributed by atoms with Crippen LogP contribution in [0.5, 0.6) is 0 Å². The van der Waals surface area contributed by atoms with E-state index in [1.165, 1.54) is 0 Å². The fourth-order valence-electron chi connectivity index (χ4n) is 1.35. The van der Waals surface area contributed by atoms with Crippen molar-refractivity contribution in [3.05, 3.63) is 17.1 Å². The Kier molecular flexibility index (Phi) is 1.92. The number of fused-ring (bicyclic) bond motifs is 1. The maximum Gasteiger partial charge on any atom is 0.133 e. The van der Waals surface area contributed by atoms with Gasteiger partial charge in [0.2, 0.25) is 0 Å². The molecule has 0 saturated heterocycles. The van der Waals surface area contributed by atoms with Gasteiger partial charge in [0.25, 0.3) is 0 Å². The normalized spacial score (nSPS) is 15.0. The number of nitrogens with two attached hydrogens (primary N) is 1. The van der Waals surface area contributed by atoms with Gasteiger partial charge in [0.1, 0.15) is 11.6 Å². The Labute approximate surface area is 77.1 Å². The van der Waals surface area contributed by atoms with Crippen molar-refractivity contribution in [2.45, 2.75) is 33.0 Å². The quantitative estimate of drug-likeness (QED) is 0.704. The van der Waals surface area contributed by atoms with E-state index < -0.39 is 0 Å². The van der Waals surface area contributed by atoms with Crippen LogP contribution in [0.1, 0.15) is 36.8 Å². The number of rotatable bonds is 1. The molecule has 0 saturated carbocycles. The number of nitrogen functional groups attached to an aromatic ring is 1. The van der Waals surface area contributed by atoms with Crippen molar-refractivity contribution in [2.75, 3.05) is 5.73 Å². The van der Waals surface area contributed by atoms with Crippen molar-refractivity contribution in [3.8, 4) is 0 Å². The Hall–Kier alpha value is -1.16. The van der Waals surface area contributed by atoms with Crippen LogP contribution in [0, 0.1) is 0 Å². The van der Waals surface area contributed by atoms with Gasteiger partial charge in [-0.3, -0.25) is 0 Å². The average molecular weight is 179 g/mol. The van der Waals surface area contributed by atoms with Gasteiger partial charge in [-0.25, -0.2) is 9.97 Å². The molecular weight excluding hydrogens is 166 g/mol. The highest BCUT2D eigenvalue weighted by Gasteiger charge is 2.18. The molecule has 13 heavy (non-hydrogen) atoms. The number of hydrogen-bond acceptors (Lipinski definition) is 4. The lowest BCUT2D eigenvalue weighted by Gasteiger charge is -2.07. The number of nitrogens with zero attached hydrogens (tertiary/aromatic N) is 2. The van der Waals surface area contributed by atoms with Crippen molar-refractivity contribution in [3.63, 3.8) is 0 Å². The van der Waals surface area contributed by atoms with Crippen molar-refractivity contribution >= 4 is 5.82 Å². The maximum atomic E-state index is 5.78. The fraction of sp³-hybridized carbons (Fsp3) is 0.556. The molecule has 0 fully saturated rings. The van der Waals surface area contributed by atoms with E-state index in [2.05, 4.69) is 23.8 Å². The van der Waals surface area contributed by atoms with Crippen LogP contribution in [0.2, 0.25) is 0 Å². The summed E-state index contributed by atoms with van der Waals surface area (Å²) in [6.07, 6.45) is 0. The summed E-state index contributed by atoms with van der Waals surface area (Å²) in [6, 6.07) is 0. The molecule has 4 nitrogen and oxygen atoms in total. The molecule has 2 N–H and O–H groups in total. The van der Waals surface area contributed by atoms with E-state index in [0.717, 1.165) is 17.1 Å². The van der Waals surface area contributed by atoms with Crippen LogP contribution in [0.25, 0.3) is 0 Å². The van der Waals surface area contributed by atoms with Crippen LogP contribution < -0.4 is 5.73 Å². The summed E-state index contributed by atoms with van der Waals surface area (Å²) >= 11 is 0. The third kappa shape index (κ3) is 1.37. The van der Waals surface area contributed by atoms with E-state index in [1.807, 2.05) is 0 Å². The molecule has 0 atom stereocenters. The van der Waals surface area contributed by atoms with Crippen LogP contribution in [0.15, 0.2) is 0 Å². The standard InChI is InChI=1S/C9H13N3O/c1-5(2)9-11-7-4-13-3-6(7)8(10)12-9/h5H,3-4H2,1-2H3,(H2,10,11,12). The highest BCUT2D eigenvalue weighted by Crippen LogP contribution is 2.24.